The van der Waals surface area contributed by atoms with E-state index in [1.54, 1.807) is 0 Å². The normalized spacial score (nSPS) is 10.1. The molecule has 0 radical (unpaired) electrons. The maximum atomic E-state index is 10.6. The SMILES string of the molecule is CC(C)c1cccc(NC(N)=O)c1. The number of hydrogen-bond donors (Lipinski definition) is 2. The summed E-state index contributed by atoms with van der Waals surface area (Å²) in [5, 5.41) is 2.54. The Kier molecular flexibility index (Phi) is 2.90. The smallest absolute Gasteiger partial charge is 0.316 e. The quantitative estimate of drug-likeness (QED) is 0.717. The van der Waals surface area contributed by atoms with Gasteiger partial charge in [0.15, 0.2) is 0 Å². The lowest BCUT2D eigenvalue weighted by atomic mass is 10.0. The van der Waals surface area contributed by atoms with Gasteiger partial charge in [0.25, 0.3) is 0 Å². The summed E-state index contributed by atoms with van der Waals surface area (Å²) in [6.07, 6.45) is 0. The van der Waals surface area contributed by atoms with E-state index in [1.807, 2.05) is 24.3 Å². The lowest BCUT2D eigenvalue weighted by molar-refractivity contribution is 0.259. The number of urea groups is 1. The molecule has 0 bridgehead atoms. The van der Waals surface area contributed by atoms with Crippen molar-refractivity contribution >= 4 is 11.7 Å². The van der Waals surface area contributed by atoms with Crippen LogP contribution in [0.2, 0.25) is 0 Å². The van der Waals surface area contributed by atoms with Gasteiger partial charge in [0.1, 0.15) is 0 Å². The molecule has 0 fully saturated rings. The number of anilines is 1. The Morgan fingerprint density at radius 3 is 2.69 bits per heavy atom. The highest BCUT2D eigenvalue weighted by Gasteiger charge is 2.00. The molecular formula is C10H14N2O. The van der Waals surface area contributed by atoms with E-state index >= 15 is 0 Å². The van der Waals surface area contributed by atoms with Crippen LogP contribution in [-0.4, -0.2) is 6.03 Å². The number of hydrogen-bond acceptors (Lipinski definition) is 1. The molecule has 0 aliphatic carbocycles. The lowest BCUT2D eigenvalue weighted by Gasteiger charge is -2.07. The van der Waals surface area contributed by atoms with Crippen LogP contribution in [0.25, 0.3) is 0 Å². The number of carbonyl (C=O) groups is 1. The molecule has 3 heteroatoms. The van der Waals surface area contributed by atoms with E-state index in [-0.39, 0.29) is 0 Å². The van der Waals surface area contributed by atoms with Crippen LogP contribution < -0.4 is 11.1 Å². The molecule has 1 rings (SSSR count). The summed E-state index contributed by atoms with van der Waals surface area (Å²) >= 11 is 0. The van der Waals surface area contributed by atoms with E-state index in [4.69, 9.17) is 5.73 Å². The molecule has 1 aromatic carbocycles. The van der Waals surface area contributed by atoms with Crippen molar-refractivity contribution < 1.29 is 4.79 Å². The molecule has 2 amide bonds. The first-order valence-electron chi connectivity index (χ1n) is 4.26. The number of primary amides is 1. The zero-order valence-corrected chi connectivity index (χ0v) is 7.87. The second-order valence-corrected chi connectivity index (χ2v) is 3.27. The summed E-state index contributed by atoms with van der Waals surface area (Å²) in [6, 6.07) is 7.14. The number of amides is 2. The van der Waals surface area contributed by atoms with Crippen molar-refractivity contribution in [3.05, 3.63) is 29.8 Å². The van der Waals surface area contributed by atoms with Crippen LogP contribution in [0.1, 0.15) is 25.3 Å². The second kappa shape index (κ2) is 3.94. The van der Waals surface area contributed by atoms with Crippen LogP contribution in [-0.2, 0) is 0 Å². The third kappa shape index (κ3) is 2.78. The topological polar surface area (TPSA) is 55.1 Å². The van der Waals surface area contributed by atoms with Crippen molar-refractivity contribution in [2.75, 3.05) is 5.32 Å². The van der Waals surface area contributed by atoms with E-state index in [1.165, 1.54) is 5.56 Å². The van der Waals surface area contributed by atoms with E-state index < -0.39 is 6.03 Å². The molecule has 1 aromatic rings. The van der Waals surface area contributed by atoms with Crippen LogP contribution in [0.15, 0.2) is 24.3 Å². The summed E-state index contributed by atoms with van der Waals surface area (Å²) in [6.45, 7) is 4.20. The monoisotopic (exact) mass is 178 g/mol. The fourth-order valence-electron chi connectivity index (χ4n) is 1.12. The Bertz CT molecular complexity index is 308. The molecule has 0 saturated carbocycles. The molecular weight excluding hydrogens is 164 g/mol. The predicted molar refractivity (Wildman–Crippen MR) is 53.7 cm³/mol. The zero-order chi connectivity index (χ0) is 9.84. The van der Waals surface area contributed by atoms with Crippen LogP contribution in [0.3, 0.4) is 0 Å². The zero-order valence-electron chi connectivity index (χ0n) is 7.87. The third-order valence-electron chi connectivity index (χ3n) is 1.82. The molecule has 0 aliphatic rings. The van der Waals surface area contributed by atoms with Gasteiger partial charge in [0.2, 0.25) is 0 Å². The van der Waals surface area contributed by atoms with Crippen LogP contribution >= 0.6 is 0 Å². The third-order valence-corrected chi connectivity index (χ3v) is 1.82. The van der Waals surface area contributed by atoms with Crippen molar-refractivity contribution in [2.45, 2.75) is 19.8 Å². The van der Waals surface area contributed by atoms with Gasteiger partial charge in [-0.05, 0) is 23.6 Å². The molecule has 0 aliphatic heterocycles. The summed E-state index contributed by atoms with van der Waals surface area (Å²) in [5.41, 5.74) is 6.94. The van der Waals surface area contributed by atoms with Gasteiger partial charge in [-0.3, -0.25) is 0 Å². The van der Waals surface area contributed by atoms with Gasteiger partial charge in [0, 0.05) is 5.69 Å². The molecule has 0 saturated heterocycles. The second-order valence-electron chi connectivity index (χ2n) is 3.27. The van der Waals surface area contributed by atoms with E-state index in [2.05, 4.69) is 19.2 Å². The predicted octanol–water partition coefficient (Wildman–Crippen LogP) is 2.30. The highest BCUT2D eigenvalue weighted by Crippen LogP contribution is 2.18. The lowest BCUT2D eigenvalue weighted by Crippen LogP contribution is -2.19. The minimum absolute atomic E-state index is 0.453. The van der Waals surface area contributed by atoms with Gasteiger partial charge in [-0.25, -0.2) is 4.79 Å². The molecule has 0 spiro atoms. The van der Waals surface area contributed by atoms with Crippen molar-refractivity contribution in [1.29, 1.82) is 0 Å². The Balaban J connectivity index is 2.85. The molecule has 70 valence electrons. The number of nitrogens with two attached hydrogens (primary N) is 1. The number of rotatable bonds is 2. The van der Waals surface area contributed by atoms with Gasteiger partial charge < -0.3 is 11.1 Å². The highest BCUT2D eigenvalue weighted by molar-refractivity contribution is 5.87. The van der Waals surface area contributed by atoms with E-state index in [9.17, 15) is 4.79 Å². The first-order chi connectivity index (χ1) is 6.09. The Labute approximate surface area is 77.9 Å². The molecule has 3 N–H and O–H groups in total. The van der Waals surface area contributed by atoms with Gasteiger partial charge >= 0.3 is 6.03 Å². The summed E-state index contributed by atoms with van der Waals surface area (Å²) < 4.78 is 0. The van der Waals surface area contributed by atoms with E-state index in [0.717, 1.165) is 5.69 Å². The van der Waals surface area contributed by atoms with E-state index in [0.29, 0.717) is 5.92 Å². The van der Waals surface area contributed by atoms with Gasteiger partial charge in [-0.2, -0.15) is 0 Å². The first kappa shape index (κ1) is 9.58. The van der Waals surface area contributed by atoms with Crippen LogP contribution in [0.4, 0.5) is 10.5 Å². The Morgan fingerprint density at radius 2 is 2.15 bits per heavy atom. The minimum atomic E-state index is -0.527. The molecule has 13 heavy (non-hydrogen) atoms. The summed E-state index contributed by atoms with van der Waals surface area (Å²) in [5.74, 6) is 0.453. The van der Waals surface area contributed by atoms with Gasteiger partial charge in [-0.15, -0.1) is 0 Å². The molecule has 0 atom stereocenters. The van der Waals surface area contributed by atoms with Crippen molar-refractivity contribution in [2.24, 2.45) is 5.73 Å². The number of carbonyl (C=O) groups excluding carboxylic acids is 1. The first-order valence-corrected chi connectivity index (χ1v) is 4.26. The van der Waals surface area contributed by atoms with Crippen LogP contribution in [0.5, 0.6) is 0 Å². The molecule has 3 nitrogen and oxygen atoms in total. The average molecular weight is 178 g/mol. The van der Waals surface area contributed by atoms with Crippen molar-refractivity contribution in [3.8, 4) is 0 Å². The fourth-order valence-corrected chi connectivity index (χ4v) is 1.12. The molecule has 0 unspecified atom stereocenters. The van der Waals surface area contributed by atoms with Crippen LogP contribution in [0, 0.1) is 0 Å². The Hall–Kier alpha value is -1.51. The van der Waals surface area contributed by atoms with Crippen molar-refractivity contribution in [3.63, 3.8) is 0 Å². The summed E-state index contributed by atoms with van der Waals surface area (Å²) in [4.78, 5) is 10.6. The standard InChI is InChI=1S/C10H14N2O/c1-7(2)8-4-3-5-9(6-8)12-10(11)13/h3-7H,1-2H3,(H3,11,12,13). The van der Waals surface area contributed by atoms with Gasteiger partial charge in [-0.1, -0.05) is 26.0 Å². The van der Waals surface area contributed by atoms with Crippen molar-refractivity contribution in [1.82, 2.24) is 0 Å². The largest absolute Gasteiger partial charge is 0.351 e. The number of benzene rings is 1. The average Bonchev–Trinajstić information content (AvgIpc) is 2.03. The summed E-state index contributed by atoms with van der Waals surface area (Å²) in [7, 11) is 0. The maximum Gasteiger partial charge on any atom is 0.316 e. The minimum Gasteiger partial charge on any atom is -0.351 e. The van der Waals surface area contributed by atoms with Gasteiger partial charge in [0.05, 0.1) is 0 Å². The number of nitrogens with one attached hydrogen (secondary N) is 1. The molecule has 0 aromatic heterocycles. The Morgan fingerprint density at radius 1 is 1.46 bits per heavy atom. The maximum absolute atomic E-state index is 10.6. The highest BCUT2D eigenvalue weighted by atomic mass is 16.2. The fraction of sp³-hybridized carbons (Fsp3) is 0.300. The molecule has 0 heterocycles.